The van der Waals surface area contributed by atoms with Crippen molar-refractivity contribution in [1.29, 1.82) is 0 Å². The lowest BCUT2D eigenvalue weighted by atomic mass is 10.2. The molecule has 0 spiro atoms. The molecule has 6 heteroatoms. The highest BCUT2D eigenvalue weighted by Crippen LogP contribution is 2.18. The van der Waals surface area contributed by atoms with E-state index in [4.69, 9.17) is 4.74 Å². The van der Waals surface area contributed by atoms with Crippen LogP contribution in [0.2, 0.25) is 0 Å². The zero-order chi connectivity index (χ0) is 18.8. The third kappa shape index (κ3) is 5.88. The van der Waals surface area contributed by atoms with Gasteiger partial charge in [0.15, 0.2) is 5.96 Å². The summed E-state index contributed by atoms with van der Waals surface area (Å²) in [5.74, 6) is 2.16. The molecule has 0 saturated carbocycles. The van der Waals surface area contributed by atoms with Crippen LogP contribution in [0.15, 0.2) is 64.5 Å². The molecule has 0 fully saturated rings. The molecule has 0 aliphatic rings. The summed E-state index contributed by atoms with van der Waals surface area (Å²) in [5, 5.41) is 3.29. The Morgan fingerprint density at radius 1 is 1.15 bits per heavy atom. The Morgan fingerprint density at radius 3 is 2.54 bits per heavy atom. The molecule has 0 bridgehead atoms. The molecule has 26 heavy (non-hydrogen) atoms. The number of hydrogen-bond acceptors (Lipinski definition) is 3. The molecule has 5 nitrogen and oxygen atoms in total. The summed E-state index contributed by atoms with van der Waals surface area (Å²) in [7, 11) is 2.63. The molecule has 0 heterocycles. The highest BCUT2D eigenvalue weighted by molar-refractivity contribution is 7.85. The normalized spacial score (nSPS) is 12.5. The predicted molar refractivity (Wildman–Crippen MR) is 108 cm³/mol. The highest BCUT2D eigenvalue weighted by atomic mass is 32.2. The fourth-order valence-corrected chi connectivity index (χ4v) is 3.51. The minimum Gasteiger partial charge on any atom is -0.496 e. The third-order valence-electron chi connectivity index (χ3n) is 3.84. The van der Waals surface area contributed by atoms with Gasteiger partial charge in [-0.3, -0.25) is 9.20 Å². The second-order valence-corrected chi connectivity index (χ2v) is 7.34. The first kappa shape index (κ1) is 20.0. The van der Waals surface area contributed by atoms with Gasteiger partial charge in [0.25, 0.3) is 0 Å². The molecule has 0 aliphatic carbocycles. The van der Waals surface area contributed by atoms with Crippen LogP contribution in [0.25, 0.3) is 0 Å². The fourth-order valence-electron chi connectivity index (χ4n) is 2.56. The lowest BCUT2D eigenvalue weighted by Gasteiger charge is -2.23. The Bertz CT molecular complexity index is 735. The van der Waals surface area contributed by atoms with Crippen molar-refractivity contribution in [3.63, 3.8) is 0 Å². The van der Waals surface area contributed by atoms with Crippen LogP contribution in [0.4, 0.5) is 0 Å². The maximum Gasteiger partial charge on any atom is 0.193 e. The molecule has 0 saturated heterocycles. The SMILES string of the molecule is CCNC(=NCCS(=O)c1ccccc1)N(C)Cc1ccccc1OC. The van der Waals surface area contributed by atoms with E-state index in [9.17, 15) is 4.21 Å². The van der Waals surface area contributed by atoms with Gasteiger partial charge in [-0.1, -0.05) is 36.4 Å². The number of benzene rings is 2. The average Bonchev–Trinajstić information content (AvgIpc) is 2.68. The van der Waals surface area contributed by atoms with E-state index >= 15 is 0 Å². The van der Waals surface area contributed by atoms with Crippen molar-refractivity contribution >= 4 is 16.8 Å². The number of ether oxygens (including phenoxy) is 1. The van der Waals surface area contributed by atoms with E-state index in [0.717, 1.165) is 28.7 Å². The number of guanidine groups is 1. The highest BCUT2D eigenvalue weighted by Gasteiger charge is 2.10. The van der Waals surface area contributed by atoms with Gasteiger partial charge >= 0.3 is 0 Å². The quantitative estimate of drug-likeness (QED) is 0.571. The van der Waals surface area contributed by atoms with E-state index < -0.39 is 10.8 Å². The van der Waals surface area contributed by atoms with Gasteiger partial charge in [0.2, 0.25) is 0 Å². The predicted octanol–water partition coefficient (Wildman–Crippen LogP) is 2.90. The van der Waals surface area contributed by atoms with Gasteiger partial charge in [-0.25, -0.2) is 0 Å². The summed E-state index contributed by atoms with van der Waals surface area (Å²) in [4.78, 5) is 7.52. The van der Waals surface area contributed by atoms with Gasteiger partial charge in [0, 0.05) is 36.3 Å². The molecule has 2 rings (SSSR count). The number of aliphatic imine (C=N–C) groups is 1. The fraction of sp³-hybridized carbons (Fsp3) is 0.350. The molecule has 1 N–H and O–H groups in total. The molecule has 1 unspecified atom stereocenters. The summed E-state index contributed by atoms with van der Waals surface area (Å²) in [5.41, 5.74) is 1.09. The van der Waals surface area contributed by atoms with Gasteiger partial charge in [-0.15, -0.1) is 0 Å². The first-order valence-electron chi connectivity index (χ1n) is 8.70. The molecule has 140 valence electrons. The number of nitrogens with one attached hydrogen (secondary N) is 1. The van der Waals surface area contributed by atoms with Crippen molar-refractivity contribution in [1.82, 2.24) is 10.2 Å². The Hall–Kier alpha value is -2.34. The van der Waals surface area contributed by atoms with Crippen LogP contribution in [-0.2, 0) is 17.3 Å². The molecule has 2 aromatic rings. The van der Waals surface area contributed by atoms with Gasteiger partial charge < -0.3 is 15.0 Å². The Balaban J connectivity index is 2.00. The second kappa shape index (κ2) is 10.6. The van der Waals surface area contributed by atoms with E-state index in [1.54, 1.807) is 7.11 Å². The van der Waals surface area contributed by atoms with Crippen LogP contribution in [0.3, 0.4) is 0 Å². The summed E-state index contributed by atoms with van der Waals surface area (Å²) in [6.07, 6.45) is 0. The second-order valence-electron chi connectivity index (χ2n) is 5.77. The summed E-state index contributed by atoms with van der Waals surface area (Å²) < 4.78 is 17.7. The van der Waals surface area contributed by atoms with Crippen molar-refractivity contribution in [3.05, 3.63) is 60.2 Å². The monoisotopic (exact) mass is 373 g/mol. The van der Waals surface area contributed by atoms with E-state index in [0.29, 0.717) is 18.8 Å². The molecule has 0 amide bonds. The number of para-hydroxylation sites is 1. The Morgan fingerprint density at radius 2 is 1.85 bits per heavy atom. The van der Waals surface area contributed by atoms with Crippen LogP contribution < -0.4 is 10.1 Å². The zero-order valence-electron chi connectivity index (χ0n) is 15.6. The van der Waals surface area contributed by atoms with Gasteiger partial charge in [0.1, 0.15) is 5.75 Å². The largest absolute Gasteiger partial charge is 0.496 e. The number of rotatable bonds is 8. The molecule has 0 radical (unpaired) electrons. The van der Waals surface area contributed by atoms with Crippen molar-refractivity contribution in [2.75, 3.05) is 33.0 Å². The lowest BCUT2D eigenvalue weighted by molar-refractivity contribution is 0.396. The molecule has 0 aliphatic heterocycles. The van der Waals surface area contributed by atoms with Crippen LogP contribution in [0.1, 0.15) is 12.5 Å². The first-order chi connectivity index (χ1) is 12.7. The number of methoxy groups -OCH3 is 1. The van der Waals surface area contributed by atoms with Crippen molar-refractivity contribution in [2.24, 2.45) is 4.99 Å². The zero-order valence-corrected chi connectivity index (χ0v) is 16.5. The van der Waals surface area contributed by atoms with Crippen molar-refractivity contribution in [2.45, 2.75) is 18.4 Å². The van der Waals surface area contributed by atoms with E-state index in [2.05, 4.69) is 10.3 Å². The number of nitrogens with zero attached hydrogens (tertiary/aromatic N) is 2. The minimum absolute atomic E-state index is 0.500. The Kier molecular flexibility index (Phi) is 8.15. The smallest absolute Gasteiger partial charge is 0.193 e. The maximum absolute atomic E-state index is 12.3. The maximum atomic E-state index is 12.3. The average molecular weight is 374 g/mol. The van der Waals surface area contributed by atoms with E-state index in [-0.39, 0.29) is 0 Å². The third-order valence-corrected chi connectivity index (χ3v) is 5.19. The Labute approximate surface area is 158 Å². The lowest BCUT2D eigenvalue weighted by Crippen LogP contribution is -2.38. The molecular weight excluding hydrogens is 346 g/mol. The van der Waals surface area contributed by atoms with Crippen LogP contribution in [0, 0.1) is 0 Å². The van der Waals surface area contributed by atoms with E-state index in [1.807, 2.05) is 73.5 Å². The molecule has 2 aromatic carbocycles. The van der Waals surface area contributed by atoms with Crippen molar-refractivity contribution in [3.8, 4) is 5.75 Å². The van der Waals surface area contributed by atoms with Gasteiger partial charge in [0.05, 0.1) is 24.5 Å². The number of hydrogen-bond donors (Lipinski definition) is 1. The van der Waals surface area contributed by atoms with Gasteiger partial charge in [-0.05, 0) is 25.1 Å². The molecular formula is C20H27N3O2S. The molecule has 0 aromatic heterocycles. The van der Waals surface area contributed by atoms with Gasteiger partial charge in [-0.2, -0.15) is 0 Å². The minimum atomic E-state index is -1.03. The van der Waals surface area contributed by atoms with Crippen LogP contribution in [-0.4, -0.2) is 48.1 Å². The summed E-state index contributed by atoms with van der Waals surface area (Å²) in [6, 6.07) is 17.5. The summed E-state index contributed by atoms with van der Waals surface area (Å²) >= 11 is 0. The standard InChI is InChI=1S/C20H27N3O2S/c1-4-21-20(22-14-15-26(24)18-11-6-5-7-12-18)23(2)16-17-10-8-9-13-19(17)25-3/h5-13H,4,14-16H2,1-3H3,(H,21,22). The van der Waals surface area contributed by atoms with Crippen LogP contribution >= 0.6 is 0 Å². The topological polar surface area (TPSA) is 53.9 Å². The first-order valence-corrected chi connectivity index (χ1v) is 10.0. The van der Waals surface area contributed by atoms with Crippen molar-refractivity contribution < 1.29 is 8.95 Å². The van der Waals surface area contributed by atoms with E-state index in [1.165, 1.54) is 0 Å². The summed E-state index contributed by atoms with van der Waals surface area (Å²) in [6.45, 7) is 3.99. The molecule has 1 atom stereocenters. The van der Waals surface area contributed by atoms with Crippen LogP contribution in [0.5, 0.6) is 5.75 Å².